The second kappa shape index (κ2) is 7.63. The van der Waals surface area contributed by atoms with Crippen LogP contribution in [0.3, 0.4) is 0 Å². The number of allylic oxidation sites excluding steroid dienone is 2. The summed E-state index contributed by atoms with van der Waals surface area (Å²) in [5, 5.41) is 8.48. The van der Waals surface area contributed by atoms with Crippen molar-refractivity contribution in [3.63, 3.8) is 0 Å². The average molecular weight is 503 g/mol. The van der Waals surface area contributed by atoms with Crippen molar-refractivity contribution >= 4 is 39.4 Å². The van der Waals surface area contributed by atoms with Gasteiger partial charge in [-0.15, -0.1) is 5.10 Å². The molecular formula is C22H20BrFN4O2S. The molecule has 0 bridgehead atoms. The van der Waals surface area contributed by atoms with Gasteiger partial charge in [-0.1, -0.05) is 43.8 Å². The molecule has 0 radical (unpaired) electrons. The van der Waals surface area contributed by atoms with Crippen LogP contribution in [0.5, 0.6) is 0 Å². The molecule has 2 aromatic heterocycles. The minimum atomic E-state index is -0.489. The number of aromatic nitrogens is 3. The van der Waals surface area contributed by atoms with Crippen molar-refractivity contribution < 1.29 is 13.6 Å². The number of rotatable bonds is 4. The number of ketones is 1. The Balaban J connectivity index is 1.52. The van der Waals surface area contributed by atoms with Gasteiger partial charge in [0, 0.05) is 23.4 Å². The van der Waals surface area contributed by atoms with Crippen LogP contribution in [0.4, 0.5) is 10.3 Å². The topological polar surface area (TPSA) is 73.0 Å². The molecule has 9 heteroatoms. The van der Waals surface area contributed by atoms with Gasteiger partial charge in [0.1, 0.15) is 17.6 Å². The maximum Gasteiger partial charge on any atom is 0.227 e. The van der Waals surface area contributed by atoms with E-state index in [1.165, 1.54) is 17.8 Å². The van der Waals surface area contributed by atoms with Gasteiger partial charge < -0.3 is 9.73 Å². The quantitative estimate of drug-likeness (QED) is 0.459. The highest BCUT2D eigenvalue weighted by Gasteiger charge is 2.43. The molecule has 1 atom stereocenters. The molecule has 160 valence electrons. The van der Waals surface area contributed by atoms with Crippen LogP contribution >= 0.6 is 27.7 Å². The van der Waals surface area contributed by atoms with E-state index < -0.39 is 6.04 Å². The minimum Gasteiger partial charge on any atom is -0.452 e. The van der Waals surface area contributed by atoms with Crippen molar-refractivity contribution in [3.05, 3.63) is 69.5 Å². The molecule has 31 heavy (non-hydrogen) atoms. The van der Waals surface area contributed by atoms with Gasteiger partial charge in [-0.05, 0) is 51.5 Å². The van der Waals surface area contributed by atoms with Crippen LogP contribution in [0.1, 0.15) is 44.1 Å². The van der Waals surface area contributed by atoms with Crippen LogP contribution in [0.25, 0.3) is 0 Å². The summed E-state index contributed by atoms with van der Waals surface area (Å²) < 4.78 is 22.1. The van der Waals surface area contributed by atoms with Gasteiger partial charge in [0.15, 0.2) is 10.5 Å². The summed E-state index contributed by atoms with van der Waals surface area (Å²) in [5.41, 5.74) is 1.99. The molecule has 0 amide bonds. The number of furan rings is 1. The number of nitrogens with zero attached hydrogens (tertiary/aromatic N) is 3. The first kappa shape index (κ1) is 20.5. The molecule has 6 nitrogen and oxygen atoms in total. The molecule has 0 saturated carbocycles. The first-order valence-corrected chi connectivity index (χ1v) is 11.7. The van der Waals surface area contributed by atoms with Gasteiger partial charge in [-0.3, -0.25) is 4.79 Å². The number of anilines is 1. The van der Waals surface area contributed by atoms with Crippen LogP contribution in [0.2, 0.25) is 0 Å². The van der Waals surface area contributed by atoms with Crippen LogP contribution in [0, 0.1) is 11.2 Å². The van der Waals surface area contributed by atoms with Crippen LogP contribution in [-0.4, -0.2) is 20.5 Å². The normalized spacial score (nSPS) is 19.7. The summed E-state index contributed by atoms with van der Waals surface area (Å²) in [6.07, 6.45) is 1.20. The lowest BCUT2D eigenvalue weighted by molar-refractivity contribution is -0.118. The molecule has 1 unspecified atom stereocenters. The summed E-state index contributed by atoms with van der Waals surface area (Å²) in [7, 11) is 0. The number of halogens is 2. The van der Waals surface area contributed by atoms with E-state index in [0.717, 1.165) is 12.1 Å². The number of thioether (sulfide) groups is 1. The van der Waals surface area contributed by atoms with E-state index in [1.54, 1.807) is 22.9 Å². The minimum absolute atomic E-state index is 0.0815. The van der Waals surface area contributed by atoms with Crippen molar-refractivity contribution in [2.45, 2.75) is 43.6 Å². The fraction of sp³-hybridized carbons (Fsp3) is 0.318. The molecule has 3 aromatic rings. The number of carbonyl (C=O) groups is 1. The fourth-order valence-electron chi connectivity index (χ4n) is 4.15. The SMILES string of the molecule is CC1(C)CC(=O)C2=C(C1)Nc1nc(SCc3ccccc3F)nn1C2c1ccc(Br)o1. The third-order valence-corrected chi connectivity index (χ3v) is 6.80. The Morgan fingerprint density at radius 2 is 2.10 bits per heavy atom. The Labute approximate surface area is 191 Å². The van der Waals surface area contributed by atoms with Gasteiger partial charge in [0.25, 0.3) is 0 Å². The second-order valence-electron chi connectivity index (χ2n) is 8.55. The van der Waals surface area contributed by atoms with Gasteiger partial charge in [0.2, 0.25) is 11.1 Å². The van der Waals surface area contributed by atoms with Crippen molar-refractivity contribution in [3.8, 4) is 0 Å². The largest absolute Gasteiger partial charge is 0.452 e. The van der Waals surface area contributed by atoms with E-state index in [0.29, 0.717) is 44.8 Å². The lowest BCUT2D eigenvalue weighted by Crippen LogP contribution is -2.36. The molecule has 0 saturated heterocycles. The highest BCUT2D eigenvalue weighted by Crippen LogP contribution is 2.46. The number of hydrogen-bond acceptors (Lipinski definition) is 6. The molecule has 0 spiro atoms. The smallest absolute Gasteiger partial charge is 0.227 e. The molecular weight excluding hydrogens is 483 g/mol. The monoisotopic (exact) mass is 502 g/mol. The maximum atomic E-state index is 14.0. The third-order valence-electron chi connectivity index (χ3n) is 5.49. The number of Topliss-reactive ketones (excluding diaryl/α,β-unsaturated/α-hetero) is 1. The molecule has 5 rings (SSSR count). The Hall–Kier alpha value is -2.39. The first-order valence-electron chi connectivity index (χ1n) is 9.92. The predicted octanol–water partition coefficient (Wildman–Crippen LogP) is 5.72. The molecule has 0 fully saturated rings. The molecule has 1 aliphatic carbocycles. The number of benzene rings is 1. The van der Waals surface area contributed by atoms with Crippen LogP contribution in [-0.2, 0) is 10.5 Å². The fourth-order valence-corrected chi connectivity index (χ4v) is 5.28. The van der Waals surface area contributed by atoms with E-state index in [9.17, 15) is 9.18 Å². The Morgan fingerprint density at radius 3 is 2.84 bits per heavy atom. The standard InChI is InChI=1S/C22H20BrFN4O2S/c1-22(2)9-14-18(15(29)10-22)19(16-7-8-17(23)30-16)28-20(25-14)26-21(27-28)31-11-12-5-3-4-6-13(12)24/h3-8,19H,9-11H2,1-2H3,(H,25,26,27). The number of hydrogen-bond donors (Lipinski definition) is 1. The lowest BCUT2D eigenvalue weighted by Gasteiger charge is -2.37. The van der Waals surface area contributed by atoms with Crippen molar-refractivity contribution in [1.82, 2.24) is 14.8 Å². The van der Waals surface area contributed by atoms with Crippen molar-refractivity contribution in [2.24, 2.45) is 5.41 Å². The average Bonchev–Trinajstić information content (AvgIpc) is 3.30. The van der Waals surface area contributed by atoms with E-state index >= 15 is 0 Å². The molecule has 1 N–H and O–H groups in total. The Bertz CT molecular complexity index is 1220. The third kappa shape index (κ3) is 3.85. The van der Waals surface area contributed by atoms with E-state index in [-0.39, 0.29) is 17.0 Å². The number of nitrogens with one attached hydrogen (secondary N) is 1. The molecule has 1 aromatic carbocycles. The van der Waals surface area contributed by atoms with E-state index in [4.69, 9.17) is 4.42 Å². The summed E-state index contributed by atoms with van der Waals surface area (Å²) in [4.78, 5) is 17.8. The van der Waals surface area contributed by atoms with Gasteiger partial charge in [-0.25, -0.2) is 9.07 Å². The second-order valence-corrected chi connectivity index (χ2v) is 10.3. The van der Waals surface area contributed by atoms with Crippen molar-refractivity contribution in [1.29, 1.82) is 0 Å². The predicted molar refractivity (Wildman–Crippen MR) is 119 cm³/mol. The Morgan fingerprint density at radius 1 is 1.29 bits per heavy atom. The summed E-state index contributed by atoms with van der Waals surface area (Å²) in [6, 6.07) is 9.83. The highest BCUT2D eigenvalue weighted by molar-refractivity contribution is 9.10. The van der Waals surface area contributed by atoms with Crippen molar-refractivity contribution in [2.75, 3.05) is 5.32 Å². The summed E-state index contributed by atoms with van der Waals surface area (Å²) in [5.74, 6) is 1.41. The number of carbonyl (C=O) groups excluding carboxylic acids is 1. The van der Waals surface area contributed by atoms with Crippen LogP contribution < -0.4 is 5.32 Å². The zero-order chi connectivity index (χ0) is 21.8. The molecule has 3 heterocycles. The van der Waals surface area contributed by atoms with Gasteiger partial charge >= 0.3 is 0 Å². The lowest BCUT2D eigenvalue weighted by atomic mass is 9.73. The summed E-state index contributed by atoms with van der Waals surface area (Å²) in [6.45, 7) is 4.17. The van der Waals surface area contributed by atoms with E-state index in [2.05, 4.69) is 45.2 Å². The molecule has 2 aliphatic rings. The Kier molecular flexibility index (Phi) is 5.05. The zero-order valence-electron chi connectivity index (χ0n) is 17.0. The molecule has 1 aliphatic heterocycles. The first-order chi connectivity index (χ1) is 14.8. The zero-order valence-corrected chi connectivity index (χ0v) is 19.4. The number of fused-ring (bicyclic) bond motifs is 1. The van der Waals surface area contributed by atoms with Gasteiger partial charge in [-0.2, -0.15) is 4.98 Å². The summed E-state index contributed by atoms with van der Waals surface area (Å²) >= 11 is 4.71. The maximum absolute atomic E-state index is 14.0. The highest BCUT2D eigenvalue weighted by atomic mass is 79.9. The van der Waals surface area contributed by atoms with Crippen LogP contribution in [0.15, 0.2) is 61.9 Å². The van der Waals surface area contributed by atoms with Gasteiger partial charge in [0.05, 0.1) is 0 Å². The van der Waals surface area contributed by atoms with E-state index in [1.807, 2.05) is 12.1 Å².